The topological polar surface area (TPSA) is 0 Å². The summed E-state index contributed by atoms with van der Waals surface area (Å²) in [5.41, 5.74) is 0. The van der Waals surface area contributed by atoms with Crippen LogP contribution in [0.1, 0.15) is 25.7 Å². The van der Waals surface area contributed by atoms with E-state index in [9.17, 15) is 0 Å². The van der Waals surface area contributed by atoms with E-state index in [1.165, 1.54) is 45.2 Å². The second kappa shape index (κ2) is 10.6. The first kappa shape index (κ1) is 13.2. The standard InChI is InChI=1S/C6H12Se6/c1-2-4-6-8-10-12-11-9-7-5-3-1/h1-6H2. The van der Waals surface area contributed by atoms with Crippen molar-refractivity contribution < 1.29 is 0 Å². The molecule has 1 aliphatic heterocycles. The van der Waals surface area contributed by atoms with Crippen molar-refractivity contribution in [3.63, 3.8) is 0 Å². The molecule has 1 heterocycles. The van der Waals surface area contributed by atoms with E-state index in [1.54, 1.807) is 36.3 Å². The van der Waals surface area contributed by atoms with Gasteiger partial charge in [0.2, 0.25) is 0 Å². The summed E-state index contributed by atoms with van der Waals surface area (Å²) in [7, 11) is 0. The molecule has 0 saturated carbocycles. The summed E-state index contributed by atoms with van der Waals surface area (Å²) < 4.78 is 0. The van der Waals surface area contributed by atoms with Gasteiger partial charge in [-0.3, -0.25) is 0 Å². The van der Waals surface area contributed by atoms with Crippen LogP contribution in [0.5, 0.6) is 0 Å². The summed E-state index contributed by atoms with van der Waals surface area (Å²) in [6.45, 7) is 0. The van der Waals surface area contributed by atoms with Crippen LogP contribution in [-0.2, 0) is 0 Å². The van der Waals surface area contributed by atoms with Crippen LogP contribution in [0.4, 0.5) is 0 Å². The molecule has 0 radical (unpaired) electrons. The number of hydrogen-bond donors (Lipinski definition) is 0. The second-order valence-electron chi connectivity index (χ2n) is 2.33. The van der Waals surface area contributed by atoms with E-state index in [-0.39, 0.29) is 0 Å². The van der Waals surface area contributed by atoms with Crippen LogP contribution in [0.25, 0.3) is 0 Å². The van der Waals surface area contributed by atoms with Crippen LogP contribution < -0.4 is 0 Å². The van der Waals surface area contributed by atoms with Gasteiger partial charge in [-0.1, -0.05) is 0 Å². The molecule has 1 aliphatic rings. The fourth-order valence-corrected chi connectivity index (χ4v) is 129. The molecule has 0 aliphatic carbocycles. The fraction of sp³-hybridized carbons (Fsp3) is 1.00. The van der Waals surface area contributed by atoms with Crippen molar-refractivity contribution in [2.75, 3.05) is 0 Å². The van der Waals surface area contributed by atoms with Gasteiger partial charge in [0, 0.05) is 0 Å². The first-order chi connectivity index (χ1) is 6.00. The Morgan fingerprint density at radius 2 is 1.00 bits per heavy atom. The summed E-state index contributed by atoms with van der Waals surface area (Å²) in [5.74, 6) is 0. The maximum absolute atomic E-state index is 1.63. The van der Waals surface area contributed by atoms with Gasteiger partial charge in [0.15, 0.2) is 0 Å². The van der Waals surface area contributed by atoms with Crippen LogP contribution in [0.2, 0.25) is 10.6 Å². The molecule has 1 fully saturated rings. The van der Waals surface area contributed by atoms with Gasteiger partial charge in [0.05, 0.1) is 0 Å². The van der Waals surface area contributed by atoms with Crippen molar-refractivity contribution in [1.82, 2.24) is 0 Å². The molecule has 0 N–H and O–H groups in total. The predicted octanol–water partition coefficient (Wildman–Crippen LogP) is 0.197. The SMILES string of the molecule is C1CCC[Se][Se][Se][Se][Se][Se]CC1. The summed E-state index contributed by atoms with van der Waals surface area (Å²) in [4.78, 5) is 0. The van der Waals surface area contributed by atoms with Crippen molar-refractivity contribution >= 4 is 71.5 Å². The average Bonchev–Trinajstić information content (AvgIpc) is 2.05. The molecule has 1 saturated heterocycles. The Labute approximate surface area is 106 Å². The Bertz CT molecular complexity index is 55.0. The van der Waals surface area contributed by atoms with Gasteiger partial charge in [-0.2, -0.15) is 0 Å². The zero-order valence-electron chi connectivity index (χ0n) is 6.69. The van der Waals surface area contributed by atoms with E-state index in [4.69, 9.17) is 0 Å². The molecule has 0 amide bonds. The van der Waals surface area contributed by atoms with E-state index < -0.39 is 0 Å². The van der Waals surface area contributed by atoms with Crippen molar-refractivity contribution in [2.24, 2.45) is 0 Å². The van der Waals surface area contributed by atoms with Gasteiger partial charge in [0.25, 0.3) is 0 Å². The van der Waals surface area contributed by atoms with Crippen molar-refractivity contribution in [3.8, 4) is 0 Å². The normalized spacial score (nSPS) is 24.0. The first-order valence-corrected chi connectivity index (χ1v) is 28.0. The van der Waals surface area contributed by atoms with Crippen LogP contribution >= 0.6 is 0 Å². The van der Waals surface area contributed by atoms with Crippen LogP contribution in [0.15, 0.2) is 0 Å². The number of hydrogen-bond acceptors (Lipinski definition) is 0. The molecule has 12 heavy (non-hydrogen) atoms. The monoisotopic (exact) mass is 564 g/mol. The third-order valence-electron chi connectivity index (χ3n) is 1.38. The average molecular weight is 558 g/mol. The second-order valence-corrected chi connectivity index (χ2v) is 48.1. The summed E-state index contributed by atoms with van der Waals surface area (Å²) in [6.07, 6.45) is 6.25. The Hall–Kier alpha value is 3.12. The molecular weight excluding hydrogens is 546 g/mol. The first-order valence-electron chi connectivity index (χ1n) is 3.91. The molecule has 0 aromatic rings. The van der Waals surface area contributed by atoms with Gasteiger partial charge in [-0.25, -0.2) is 0 Å². The fourth-order valence-electron chi connectivity index (χ4n) is 0.806. The quantitative estimate of drug-likeness (QED) is 0.374. The van der Waals surface area contributed by atoms with E-state index in [0.717, 1.165) is 26.3 Å². The van der Waals surface area contributed by atoms with E-state index in [2.05, 4.69) is 0 Å². The molecule has 6 heteroatoms. The Balaban J connectivity index is 2.00. The van der Waals surface area contributed by atoms with Gasteiger partial charge in [0.1, 0.15) is 0 Å². The summed E-state index contributed by atoms with van der Waals surface area (Å²) >= 11 is 6.99. The molecule has 0 nitrogen and oxygen atoms in total. The molecule has 0 spiro atoms. The zero-order valence-corrected chi connectivity index (χ0v) is 17.0. The molecule has 0 bridgehead atoms. The van der Waals surface area contributed by atoms with E-state index in [0.29, 0.717) is 0 Å². The minimum absolute atomic E-state index is 1.12. The molecule has 1 rings (SSSR count). The van der Waals surface area contributed by atoms with Crippen molar-refractivity contribution in [2.45, 2.75) is 36.3 Å². The third-order valence-corrected chi connectivity index (χ3v) is 81.0. The van der Waals surface area contributed by atoms with E-state index in [1.807, 2.05) is 0 Å². The maximum atomic E-state index is 1.63. The van der Waals surface area contributed by atoms with Gasteiger partial charge in [-0.15, -0.1) is 0 Å². The van der Waals surface area contributed by atoms with Gasteiger partial charge in [-0.05, 0) is 0 Å². The van der Waals surface area contributed by atoms with Crippen molar-refractivity contribution in [3.05, 3.63) is 0 Å². The van der Waals surface area contributed by atoms with E-state index >= 15 is 0 Å². The molecule has 0 aromatic heterocycles. The molecule has 0 atom stereocenters. The molecular formula is C6H12Se6. The van der Waals surface area contributed by atoms with Crippen molar-refractivity contribution in [1.29, 1.82) is 0 Å². The van der Waals surface area contributed by atoms with Gasteiger partial charge < -0.3 is 0 Å². The molecule has 0 aromatic carbocycles. The number of rotatable bonds is 0. The summed E-state index contributed by atoms with van der Waals surface area (Å²) in [6, 6.07) is 0. The van der Waals surface area contributed by atoms with Gasteiger partial charge >= 0.3 is 108 Å². The van der Waals surface area contributed by atoms with Crippen LogP contribution in [-0.4, -0.2) is 71.5 Å². The predicted molar refractivity (Wildman–Crippen MR) is 62.6 cm³/mol. The molecule has 0 unspecified atom stereocenters. The van der Waals surface area contributed by atoms with Crippen LogP contribution in [0, 0.1) is 0 Å². The summed E-state index contributed by atoms with van der Waals surface area (Å²) in [5, 5.41) is 3.26. The Morgan fingerprint density at radius 1 is 0.500 bits per heavy atom. The third kappa shape index (κ3) is 8.43. The Kier molecular flexibility index (Phi) is 11.7. The minimum atomic E-state index is 1.12. The van der Waals surface area contributed by atoms with Crippen LogP contribution in [0.3, 0.4) is 0 Å². The Morgan fingerprint density at radius 3 is 1.50 bits per heavy atom. The molecule has 72 valence electrons. The zero-order chi connectivity index (χ0) is 8.49.